The molecule has 0 atom stereocenters. The van der Waals surface area contributed by atoms with E-state index in [-0.39, 0.29) is 12.0 Å². The normalized spacial score (nSPS) is 15.1. The number of aryl methyl sites for hydroxylation is 1. The third-order valence-electron chi connectivity index (χ3n) is 4.87. The lowest BCUT2D eigenvalue weighted by Crippen LogP contribution is -2.42. The Hall–Kier alpha value is -3.09. The number of aromatic nitrogens is 3. The third-order valence-corrected chi connectivity index (χ3v) is 4.87. The minimum Gasteiger partial charge on any atom is -0.493 e. The van der Waals surface area contributed by atoms with E-state index >= 15 is 0 Å². The predicted octanol–water partition coefficient (Wildman–Crippen LogP) is 2.73. The van der Waals surface area contributed by atoms with E-state index < -0.39 is 0 Å². The number of para-hydroxylation sites is 2. The number of rotatable bonds is 4. The van der Waals surface area contributed by atoms with Crippen molar-refractivity contribution in [2.45, 2.75) is 25.9 Å². The molecule has 0 saturated carbocycles. The molecule has 3 heterocycles. The van der Waals surface area contributed by atoms with Gasteiger partial charge in [-0.15, -0.1) is 0 Å². The van der Waals surface area contributed by atoms with Gasteiger partial charge in [0.25, 0.3) is 5.91 Å². The monoisotopic (exact) mass is 366 g/mol. The van der Waals surface area contributed by atoms with Crippen molar-refractivity contribution in [3.8, 4) is 11.5 Å². The van der Waals surface area contributed by atoms with Crippen molar-refractivity contribution in [3.05, 3.63) is 54.1 Å². The first-order chi connectivity index (χ1) is 13.2. The molecule has 1 aliphatic rings. The Kier molecular flexibility index (Phi) is 4.66. The summed E-state index contributed by atoms with van der Waals surface area (Å²) >= 11 is 0. The summed E-state index contributed by atoms with van der Waals surface area (Å²) < 4.78 is 13.2. The summed E-state index contributed by atoms with van der Waals surface area (Å²) in [6, 6.07) is 9.44. The molecule has 0 spiro atoms. The number of fused-ring (bicyclic) bond motifs is 1. The summed E-state index contributed by atoms with van der Waals surface area (Å²) in [6.45, 7) is 3.14. The number of ether oxygens (including phenoxy) is 2. The lowest BCUT2D eigenvalue weighted by Gasteiger charge is -2.32. The molecule has 1 aromatic carbocycles. The van der Waals surface area contributed by atoms with Gasteiger partial charge in [0.1, 0.15) is 11.8 Å². The van der Waals surface area contributed by atoms with E-state index in [4.69, 9.17) is 9.47 Å². The highest BCUT2D eigenvalue weighted by Crippen LogP contribution is 2.29. The Bertz CT molecular complexity index is 961. The molecule has 7 nitrogen and oxygen atoms in total. The number of benzene rings is 1. The molecule has 0 radical (unpaired) electrons. The highest BCUT2D eigenvalue weighted by molar-refractivity contribution is 5.94. The van der Waals surface area contributed by atoms with Gasteiger partial charge in [0, 0.05) is 38.3 Å². The lowest BCUT2D eigenvalue weighted by molar-refractivity contribution is 0.0583. The second-order valence-corrected chi connectivity index (χ2v) is 6.60. The molecule has 0 bridgehead atoms. The Labute approximate surface area is 157 Å². The molecule has 1 fully saturated rings. The molecule has 7 heteroatoms. The molecular weight excluding hydrogens is 344 g/mol. The summed E-state index contributed by atoms with van der Waals surface area (Å²) in [4.78, 5) is 23.5. The van der Waals surface area contributed by atoms with Crippen molar-refractivity contribution in [2.75, 3.05) is 20.2 Å². The average Bonchev–Trinajstić information content (AvgIpc) is 3.04. The van der Waals surface area contributed by atoms with Gasteiger partial charge in [-0.25, -0.2) is 9.97 Å². The molecule has 140 valence electrons. The van der Waals surface area contributed by atoms with Crippen LogP contribution in [0.25, 0.3) is 5.78 Å². The molecule has 2 aromatic heterocycles. The van der Waals surface area contributed by atoms with Crippen LogP contribution < -0.4 is 9.47 Å². The molecule has 0 N–H and O–H groups in total. The summed E-state index contributed by atoms with van der Waals surface area (Å²) in [5.74, 6) is 2.01. The van der Waals surface area contributed by atoms with E-state index in [1.54, 1.807) is 23.8 Å². The molecule has 4 rings (SSSR count). The van der Waals surface area contributed by atoms with Crippen molar-refractivity contribution < 1.29 is 14.3 Å². The van der Waals surface area contributed by atoms with Crippen LogP contribution in [0.2, 0.25) is 0 Å². The van der Waals surface area contributed by atoms with Gasteiger partial charge in [-0.3, -0.25) is 9.20 Å². The van der Waals surface area contributed by atoms with E-state index in [1.807, 2.05) is 42.3 Å². The molecule has 0 unspecified atom stereocenters. The number of nitrogens with zero attached hydrogens (tertiary/aromatic N) is 4. The number of carbonyl (C=O) groups is 1. The number of hydrogen-bond acceptors (Lipinski definition) is 5. The first kappa shape index (κ1) is 17.3. The zero-order valence-corrected chi connectivity index (χ0v) is 15.5. The van der Waals surface area contributed by atoms with E-state index in [0.29, 0.717) is 30.3 Å². The molecule has 1 aliphatic heterocycles. The summed E-state index contributed by atoms with van der Waals surface area (Å²) in [7, 11) is 1.64. The molecule has 1 saturated heterocycles. The van der Waals surface area contributed by atoms with E-state index in [1.165, 1.54) is 0 Å². The predicted molar refractivity (Wildman–Crippen MR) is 100 cm³/mol. The average molecular weight is 366 g/mol. The van der Waals surface area contributed by atoms with Gasteiger partial charge >= 0.3 is 0 Å². The molecule has 3 aromatic rings. The van der Waals surface area contributed by atoms with Crippen LogP contribution in [0.5, 0.6) is 11.5 Å². The smallest absolute Gasteiger partial charge is 0.272 e. The molecule has 0 aliphatic carbocycles. The van der Waals surface area contributed by atoms with Crippen LogP contribution in [-0.4, -0.2) is 51.5 Å². The summed E-state index contributed by atoms with van der Waals surface area (Å²) in [5.41, 5.74) is 1.29. The van der Waals surface area contributed by atoms with Gasteiger partial charge < -0.3 is 14.4 Å². The van der Waals surface area contributed by atoms with Gasteiger partial charge in [-0.2, -0.15) is 0 Å². The second kappa shape index (κ2) is 7.26. The Balaban J connectivity index is 1.44. The van der Waals surface area contributed by atoms with Crippen molar-refractivity contribution in [1.82, 2.24) is 19.3 Å². The van der Waals surface area contributed by atoms with Crippen LogP contribution in [-0.2, 0) is 0 Å². The van der Waals surface area contributed by atoms with E-state index in [9.17, 15) is 4.79 Å². The zero-order valence-electron chi connectivity index (χ0n) is 15.5. The fraction of sp³-hybridized carbons (Fsp3) is 0.350. The standard InChI is InChI=1S/C20H22N4O3/c1-14-18(24-11-5-10-21-20(24)22-14)19(25)23-12-8-15(9-13-23)27-17-7-4-3-6-16(17)26-2/h3-7,10-11,15H,8-9,12-13H2,1-2H3. The van der Waals surface area contributed by atoms with Crippen molar-refractivity contribution in [1.29, 1.82) is 0 Å². The van der Waals surface area contributed by atoms with Crippen LogP contribution in [0.1, 0.15) is 29.0 Å². The first-order valence-corrected chi connectivity index (χ1v) is 9.06. The van der Waals surface area contributed by atoms with Gasteiger partial charge in [0.15, 0.2) is 11.5 Å². The van der Waals surface area contributed by atoms with Gasteiger partial charge in [-0.05, 0) is 25.1 Å². The highest BCUT2D eigenvalue weighted by Gasteiger charge is 2.28. The van der Waals surface area contributed by atoms with Crippen LogP contribution in [0.3, 0.4) is 0 Å². The quantitative estimate of drug-likeness (QED) is 0.710. The molecular formula is C20H22N4O3. The number of imidazole rings is 1. The maximum absolute atomic E-state index is 13.0. The summed E-state index contributed by atoms with van der Waals surface area (Å²) in [6.07, 6.45) is 5.12. The minimum absolute atomic E-state index is 0.0104. The number of piperidine rings is 1. The summed E-state index contributed by atoms with van der Waals surface area (Å²) in [5, 5.41) is 0. The Morgan fingerprint density at radius 2 is 1.89 bits per heavy atom. The van der Waals surface area contributed by atoms with Crippen LogP contribution in [0.15, 0.2) is 42.7 Å². The Morgan fingerprint density at radius 3 is 2.63 bits per heavy atom. The van der Waals surface area contributed by atoms with Gasteiger partial charge in [0.05, 0.1) is 12.8 Å². The minimum atomic E-state index is -0.0104. The van der Waals surface area contributed by atoms with Crippen molar-refractivity contribution in [2.24, 2.45) is 0 Å². The van der Waals surface area contributed by atoms with Crippen molar-refractivity contribution >= 4 is 11.7 Å². The number of amides is 1. The second-order valence-electron chi connectivity index (χ2n) is 6.60. The lowest BCUT2D eigenvalue weighted by atomic mass is 10.1. The first-order valence-electron chi connectivity index (χ1n) is 9.06. The Morgan fingerprint density at radius 1 is 1.15 bits per heavy atom. The van der Waals surface area contributed by atoms with E-state index in [2.05, 4.69) is 9.97 Å². The number of likely N-dealkylation sites (tertiary alicyclic amines) is 1. The number of methoxy groups -OCH3 is 1. The maximum Gasteiger partial charge on any atom is 0.272 e. The SMILES string of the molecule is COc1ccccc1OC1CCN(C(=O)c2c(C)nc3ncccn23)CC1. The van der Waals surface area contributed by atoms with Crippen LogP contribution >= 0.6 is 0 Å². The fourth-order valence-corrected chi connectivity index (χ4v) is 3.48. The van der Waals surface area contributed by atoms with E-state index in [0.717, 1.165) is 24.3 Å². The highest BCUT2D eigenvalue weighted by atomic mass is 16.5. The fourth-order valence-electron chi connectivity index (χ4n) is 3.48. The van der Waals surface area contributed by atoms with Gasteiger partial charge in [0.2, 0.25) is 5.78 Å². The number of carbonyl (C=O) groups excluding carboxylic acids is 1. The molecule has 27 heavy (non-hydrogen) atoms. The largest absolute Gasteiger partial charge is 0.493 e. The molecule has 1 amide bonds. The van der Waals surface area contributed by atoms with Crippen molar-refractivity contribution in [3.63, 3.8) is 0 Å². The topological polar surface area (TPSA) is 69.0 Å². The van der Waals surface area contributed by atoms with Crippen LogP contribution in [0.4, 0.5) is 0 Å². The maximum atomic E-state index is 13.0. The van der Waals surface area contributed by atoms with Gasteiger partial charge in [-0.1, -0.05) is 12.1 Å². The van der Waals surface area contributed by atoms with Crippen LogP contribution in [0, 0.1) is 6.92 Å². The third kappa shape index (κ3) is 3.32. The number of hydrogen-bond donors (Lipinski definition) is 0. The zero-order chi connectivity index (χ0) is 18.8.